The second-order valence-corrected chi connectivity index (χ2v) is 2.99. The van der Waals surface area contributed by atoms with E-state index in [-0.39, 0.29) is 18.2 Å². The number of halogens is 3. The van der Waals surface area contributed by atoms with Crippen LogP contribution in [0.1, 0.15) is 11.1 Å². The summed E-state index contributed by atoms with van der Waals surface area (Å²) in [7, 11) is 0. The first-order valence-corrected chi connectivity index (χ1v) is 4.08. The number of hydrogen-bond donors (Lipinski definition) is 0. The number of rotatable bonds is 1. The maximum atomic E-state index is 12.5. The van der Waals surface area contributed by atoms with Gasteiger partial charge in [0.05, 0.1) is 5.56 Å². The van der Waals surface area contributed by atoms with Crippen molar-refractivity contribution in [1.82, 2.24) is 4.98 Å². The Kier molecular flexibility index (Phi) is 2.28. The van der Waals surface area contributed by atoms with Gasteiger partial charge < -0.3 is 0 Å². The van der Waals surface area contributed by atoms with Crippen LogP contribution in [-0.4, -0.2) is 11.8 Å². The summed E-state index contributed by atoms with van der Waals surface area (Å²) in [6, 6.07) is 0.883. The first-order chi connectivity index (χ1) is 6.98. The Morgan fingerprint density at radius 3 is 2.53 bits per heavy atom. The van der Waals surface area contributed by atoms with E-state index in [1.807, 2.05) is 0 Å². The lowest BCUT2D eigenvalue weighted by Crippen LogP contribution is -2.37. The third-order valence-electron chi connectivity index (χ3n) is 1.92. The van der Waals surface area contributed by atoms with E-state index in [9.17, 15) is 13.2 Å². The van der Waals surface area contributed by atoms with E-state index in [0.717, 1.165) is 17.5 Å². The van der Waals surface area contributed by atoms with Crippen LogP contribution in [-0.2, 0) is 15.9 Å². The fourth-order valence-electron chi connectivity index (χ4n) is 1.16. The fourth-order valence-corrected chi connectivity index (χ4v) is 1.16. The molecule has 0 aromatic carbocycles. The SMILES string of the molecule is Cc1cnc(N2OCO2)cc1C(F)(F)F. The molecule has 1 aromatic heterocycles. The summed E-state index contributed by atoms with van der Waals surface area (Å²) < 4.78 is 37.5. The molecular weight excluding hydrogens is 213 g/mol. The second kappa shape index (κ2) is 3.35. The molecule has 0 aliphatic carbocycles. The Morgan fingerprint density at radius 2 is 2.07 bits per heavy atom. The van der Waals surface area contributed by atoms with Gasteiger partial charge in [-0.15, -0.1) is 5.23 Å². The molecule has 82 valence electrons. The van der Waals surface area contributed by atoms with Crippen molar-refractivity contribution in [2.24, 2.45) is 0 Å². The largest absolute Gasteiger partial charge is 0.416 e. The molecule has 1 aliphatic heterocycles. The molecule has 7 heteroatoms. The van der Waals surface area contributed by atoms with Crippen LogP contribution in [0.5, 0.6) is 0 Å². The molecule has 2 heterocycles. The Morgan fingerprint density at radius 1 is 1.40 bits per heavy atom. The zero-order chi connectivity index (χ0) is 11.1. The molecule has 15 heavy (non-hydrogen) atoms. The van der Waals surface area contributed by atoms with Gasteiger partial charge in [-0.3, -0.25) is 0 Å². The van der Waals surface area contributed by atoms with E-state index in [1.54, 1.807) is 0 Å². The first-order valence-electron chi connectivity index (χ1n) is 4.08. The zero-order valence-corrected chi connectivity index (χ0v) is 7.71. The van der Waals surface area contributed by atoms with Crippen LogP contribution in [0, 0.1) is 6.92 Å². The van der Waals surface area contributed by atoms with Gasteiger partial charge in [0.25, 0.3) is 0 Å². The standard InChI is InChI=1S/C8H7F3N2O2/c1-5-3-12-7(13-14-4-15-13)2-6(5)8(9,10)11/h2-3H,4H2,1H3. The number of aromatic nitrogens is 1. The average molecular weight is 220 g/mol. The van der Waals surface area contributed by atoms with Crippen LogP contribution in [0.15, 0.2) is 12.3 Å². The third kappa shape index (κ3) is 1.88. The summed E-state index contributed by atoms with van der Waals surface area (Å²) in [4.78, 5) is 13.2. The highest BCUT2D eigenvalue weighted by molar-refractivity contribution is 5.41. The average Bonchev–Trinajstić information content (AvgIpc) is 2.03. The van der Waals surface area contributed by atoms with Crippen molar-refractivity contribution in [2.45, 2.75) is 13.1 Å². The lowest BCUT2D eigenvalue weighted by molar-refractivity contribution is -0.278. The van der Waals surface area contributed by atoms with Crippen LogP contribution in [0.3, 0.4) is 0 Å². The Bertz CT molecular complexity index is 377. The van der Waals surface area contributed by atoms with Crippen LogP contribution < -0.4 is 5.23 Å². The van der Waals surface area contributed by atoms with Crippen molar-refractivity contribution in [3.63, 3.8) is 0 Å². The molecule has 1 aromatic rings. The summed E-state index contributed by atoms with van der Waals surface area (Å²) in [5.41, 5.74) is -0.682. The van der Waals surface area contributed by atoms with Gasteiger partial charge in [-0.1, -0.05) is 0 Å². The molecule has 0 atom stereocenters. The van der Waals surface area contributed by atoms with Gasteiger partial charge in [-0.25, -0.2) is 14.7 Å². The van der Waals surface area contributed by atoms with Crippen molar-refractivity contribution in [3.8, 4) is 0 Å². The second-order valence-electron chi connectivity index (χ2n) is 2.99. The number of nitrogens with zero attached hydrogens (tertiary/aromatic N) is 2. The molecule has 0 bridgehead atoms. The van der Waals surface area contributed by atoms with Gasteiger partial charge in [0.15, 0.2) is 5.82 Å². The van der Waals surface area contributed by atoms with Gasteiger partial charge >= 0.3 is 6.18 Å². The molecule has 1 fully saturated rings. The van der Waals surface area contributed by atoms with Crippen LogP contribution in [0.25, 0.3) is 0 Å². The van der Waals surface area contributed by atoms with E-state index >= 15 is 0 Å². The van der Waals surface area contributed by atoms with Crippen molar-refractivity contribution < 1.29 is 22.8 Å². The lowest BCUT2D eigenvalue weighted by Gasteiger charge is -2.29. The van der Waals surface area contributed by atoms with E-state index in [2.05, 4.69) is 4.98 Å². The van der Waals surface area contributed by atoms with Crippen LogP contribution in [0.2, 0.25) is 0 Å². The van der Waals surface area contributed by atoms with E-state index in [4.69, 9.17) is 9.68 Å². The summed E-state index contributed by atoms with van der Waals surface area (Å²) in [5, 5.41) is 0.842. The lowest BCUT2D eigenvalue weighted by atomic mass is 10.1. The third-order valence-corrected chi connectivity index (χ3v) is 1.92. The Balaban J connectivity index is 2.36. The Labute approximate surface area is 83.1 Å². The number of aryl methyl sites for hydroxylation is 1. The van der Waals surface area contributed by atoms with Gasteiger partial charge in [-0.2, -0.15) is 13.2 Å². The molecule has 1 saturated heterocycles. The van der Waals surface area contributed by atoms with Crippen LogP contribution in [0.4, 0.5) is 19.0 Å². The normalized spacial score (nSPS) is 16.4. The summed E-state index contributed by atoms with van der Waals surface area (Å²) in [6.07, 6.45) is -3.27. The number of alkyl halides is 3. The van der Waals surface area contributed by atoms with Gasteiger partial charge in [0, 0.05) is 6.20 Å². The maximum absolute atomic E-state index is 12.5. The molecule has 1 aliphatic rings. The van der Waals surface area contributed by atoms with Crippen molar-refractivity contribution >= 4 is 5.82 Å². The summed E-state index contributed by atoms with van der Waals surface area (Å²) in [6.45, 7) is 1.37. The molecule has 0 spiro atoms. The van der Waals surface area contributed by atoms with E-state index in [1.165, 1.54) is 6.92 Å². The quantitative estimate of drug-likeness (QED) is 0.725. The molecule has 0 radical (unpaired) electrons. The monoisotopic (exact) mass is 220 g/mol. The van der Waals surface area contributed by atoms with Crippen molar-refractivity contribution in [2.75, 3.05) is 12.0 Å². The number of hydrogen-bond acceptors (Lipinski definition) is 4. The van der Waals surface area contributed by atoms with E-state index in [0.29, 0.717) is 0 Å². The highest BCUT2D eigenvalue weighted by Crippen LogP contribution is 2.33. The van der Waals surface area contributed by atoms with E-state index < -0.39 is 11.7 Å². The van der Waals surface area contributed by atoms with Gasteiger partial charge in [0.1, 0.15) is 0 Å². The molecule has 0 unspecified atom stereocenters. The minimum absolute atomic E-state index is 0.0147. The summed E-state index contributed by atoms with van der Waals surface area (Å²) in [5.74, 6) is -0.0147. The minimum Gasteiger partial charge on any atom is -0.235 e. The molecule has 0 amide bonds. The topological polar surface area (TPSA) is 34.6 Å². The van der Waals surface area contributed by atoms with Gasteiger partial charge in [0.2, 0.25) is 6.79 Å². The molecule has 0 saturated carbocycles. The van der Waals surface area contributed by atoms with Gasteiger partial charge in [-0.05, 0) is 18.6 Å². The highest BCUT2D eigenvalue weighted by Gasteiger charge is 2.34. The van der Waals surface area contributed by atoms with Crippen molar-refractivity contribution in [3.05, 3.63) is 23.4 Å². The number of anilines is 1. The predicted molar refractivity (Wildman–Crippen MR) is 43.5 cm³/mol. The molecule has 0 N–H and O–H groups in total. The maximum Gasteiger partial charge on any atom is 0.416 e. The smallest absolute Gasteiger partial charge is 0.235 e. The minimum atomic E-state index is -4.40. The van der Waals surface area contributed by atoms with Crippen LogP contribution >= 0.6 is 0 Å². The Hall–Kier alpha value is -1.34. The zero-order valence-electron chi connectivity index (χ0n) is 7.71. The number of pyridine rings is 1. The molecule has 4 nitrogen and oxygen atoms in total. The predicted octanol–water partition coefficient (Wildman–Crippen LogP) is 2.05. The molecule has 2 rings (SSSR count). The highest BCUT2D eigenvalue weighted by atomic mass is 19.4. The van der Waals surface area contributed by atoms with Crippen molar-refractivity contribution in [1.29, 1.82) is 0 Å². The first kappa shape index (κ1) is 10.2. The molecular formula is C8H7F3N2O2. The summed E-state index contributed by atoms with van der Waals surface area (Å²) >= 11 is 0. The fraction of sp³-hybridized carbons (Fsp3) is 0.375.